The second kappa shape index (κ2) is 6.46. The zero-order chi connectivity index (χ0) is 11.3. The van der Waals surface area contributed by atoms with Crippen molar-refractivity contribution >= 4 is 0 Å². The zero-order valence-electron chi connectivity index (χ0n) is 9.98. The molecular formula is C12H25NO2. The van der Waals surface area contributed by atoms with Gasteiger partial charge in [-0.25, -0.2) is 0 Å². The van der Waals surface area contributed by atoms with E-state index in [-0.39, 0.29) is 12.6 Å². The standard InChI is InChI=1S/C12H25NO2/c1-9-5-10(2)7-12(6-9)15-4-3-11(13)8-14/h9-12,14H,3-8,13H2,1-2H3. The summed E-state index contributed by atoms with van der Waals surface area (Å²) in [7, 11) is 0. The third-order valence-electron chi connectivity index (χ3n) is 3.21. The molecule has 3 heteroatoms. The summed E-state index contributed by atoms with van der Waals surface area (Å²) in [5, 5.41) is 8.78. The number of hydrogen-bond acceptors (Lipinski definition) is 3. The lowest BCUT2D eigenvalue weighted by Gasteiger charge is -2.31. The van der Waals surface area contributed by atoms with E-state index in [1.807, 2.05) is 0 Å². The van der Waals surface area contributed by atoms with Crippen molar-refractivity contribution in [2.24, 2.45) is 17.6 Å². The van der Waals surface area contributed by atoms with E-state index in [1.54, 1.807) is 0 Å². The Hall–Kier alpha value is -0.120. The molecule has 0 amide bonds. The van der Waals surface area contributed by atoms with Crippen LogP contribution in [-0.4, -0.2) is 30.5 Å². The molecule has 1 fully saturated rings. The number of nitrogens with two attached hydrogens (primary N) is 1. The minimum atomic E-state index is -0.122. The fourth-order valence-electron chi connectivity index (χ4n) is 2.49. The van der Waals surface area contributed by atoms with Crippen LogP contribution in [0.4, 0.5) is 0 Å². The Balaban J connectivity index is 2.15. The molecule has 0 bridgehead atoms. The van der Waals surface area contributed by atoms with Crippen molar-refractivity contribution in [2.75, 3.05) is 13.2 Å². The first-order valence-corrected chi connectivity index (χ1v) is 6.09. The van der Waals surface area contributed by atoms with Gasteiger partial charge in [-0.15, -0.1) is 0 Å². The largest absolute Gasteiger partial charge is 0.395 e. The van der Waals surface area contributed by atoms with E-state index in [0.29, 0.717) is 12.7 Å². The smallest absolute Gasteiger partial charge is 0.0583 e. The van der Waals surface area contributed by atoms with Crippen LogP contribution in [0.1, 0.15) is 39.5 Å². The second-order valence-electron chi connectivity index (χ2n) is 5.14. The van der Waals surface area contributed by atoms with Crippen molar-refractivity contribution in [1.82, 2.24) is 0 Å². The SMILES string of the molecule is CC1CC(C)CC(OCCC(N)CO)C1. The van der Waals surface area contributed by atoms with Crippen molar-refractivity contribution in [1.29, 1.82) is 0 Å². The van der Waals surface area contributed by atoms with Crippen molar-refractivity contribution in [3.05, 3.63) is 0 Å². The summed E-state index contributed by atoms with van der Waals surface area (Å²) in [5.41, 5.74) is 5.61. The van der Waals surface area contributed by atoms with Crippen LogP contribution in [0.25, 0.3) is 0 Å². The maximum absolute atomic E-state index is 8.78. The second-order valence-corrected chi connectivity index (χ2v) is 5.14. The number of aliphatic hydroxyl groups is 1. The Morgan fingerprint density at radius 1 is 1.27 bits per heavy atom. The summed E-state index contributed by atoms with van der Waals surface area (Å²) in [4.78, 5) is 0. The van der Waals surface area contributed by atoms with Gasteiger partial charge in [0.25, 0.3) is 0 Å². The molecule has 0 heterocycles. The molecule has 0 saturated heterocycles. The zero-order valence-corrected chi connectivity index (χ0v) is 9.98. The normalized spacial score (nSPS) is 34.0. The minimum absolute atomic E-state index is 0.0564. The van der Waals surface area contributed by atoms with Crippen LogP contribution >= 0.6 is 0 Å². The van der Waals surface area contributed by atoms with Gasteiger partial charge in [0.2, 0.25) is 0 Å². The van der Waals surface area contributed by atoms with Gasteiger partial charge in [0.05, 0.1) is 12.7 Å². The molecule has 90 valence electrons. The van der Waals surface area contributed by atoms with Gasteiger partial charge in [-0.3, -0.25) is 0 Å². The predicted octanol–water partition coefficient (Wildman–Crippen LogP) is 1.54. The van der Waals surface area contributed by atoms with Crippen LogP contribution in [0.5, 0.6) is 0 Å². The monoisotopic (exact) mass is 215 g/mol. The van der Waals surface area contributed by atoms with Crippen LogP contribution < -0.4 is 5.73 Å². The van der Waals surface area contributed by atoms with E-state index in [0.717, 1.165) is 18.3 Å². The highest BCUT2D eigenvalue weighted by Gasteiger charge is 2.24. The Labute approximate surface area is 93.0 Å². The van der Waals surface area contributed by atoms with Crippen LogP contribution in [-0.2, 0) is 4.74 Å². The maximum Gasteiger partial charge on any atom is 0.0583 e. The Bertz CT molecular complexity index is 165. The third kappa shape index (κ3) is 4.96. The van der Waals surface area contributed by atoms with Gasteiger partial charge in [-0.05, 0) is 37.5 Å². The lowest BCUT2D eigenvalue weighted by molar-refractivity contribution is -0.00317. The van der Waals surface area contributed by atoms with E-state index < -0.39 is 0 Å². The first-order chi connectivity index (χ1) is 7.11. The molecule has 15 heavy (non-hydrogen) atoms. The lowest BCUT2D eigenvalue weighted by Crippen LogP contribution is -2.30. The fourth-order valence-corrected chi connectivity index (χ4v) is 2.49. The predicted molar refractivity (Wildman–Crippen MR) is 61.6 cm³/mol. The quantitative estimate of drug-likeness (QED) is 0.731. The third-order valence-corrected chi connectivity index (χ3v) is 3.21. The lowest BCUT2D eigenvalue weighted by atomic mass is 9.82. The summed E-state index contributed by atoms with van der Waals surface area (Å²) >= 11 is 0. The molecular weight excluding hydrogens is 190 g/mol. The highest BCUT2D eigenvalue weighted by molar-refractivity contribution is 4.75. The molecule has 0 aromatic rings. The van der Waals surface area contributed by atoms with Crippen molar-refractivity contribution < 1.29 is 9.84 Å². The van der Waals surface area contributed by atoms with Crippen molar-refractivity contribution in [3.8, 4) is 0 Å². The Kier molecular flexibility index (Phi) is 5.58. The highest BCUT2D eigenvalue weighted by atomic mass is 16.5. The molecule has 0 aromatic heterocycles. The molecule has 1 rings (SSSR count). The van der Waals surface area contributed by atoms with E-state index in [9.17, 15) is 0 Å². The fraction of sp³-hybridized carbons (Fsp3) is 1.00. The molecule has 0 aliphatic heterocycles. The molecule has 1 aliphatic rings. The average molecular weight is 215 g/mol. The van der Waals surface area contributed by atoms with Crippen molar-refractivity contribution in [3.63, 3.8) is 0 Å². The molecule has 0 radical (unpaired) electrons. The Morgan fingerprint density at radius 3 is 2.40 bits per heavy atom. The average Bonchev–Trinajstić information content (AvgIpc) is 2.16. The Morgan fingerprint density at radius 2 is 1.87 bits per heavy atom. The molecule has 3 atom stereocenters. The molecule has 1 saturated carbocycles. The number of rotatable bonds is 5. The van der Waals surface area contributed by atoms with Gasteiger partial charge < -0.3 is 15.6 Å². The van der Waals surface area contributed by atoms with Crippen LogP contribution in [0.3, 0.4) is 0 Å². The van der Waals surface area contributed by atoms with Crippen molar-refractivity contribution in [2.45, 2.75) is 51.7 Å². The molecule has 1 aliphatic carbocycles. The maximum atomic E-state index is 8.78. The number of aliphatic hydroxyl groups excluding tert-OH is 1. The van der Waals surface area contributed by atoms with Crippen LogP contribution in [0.15, 0.2) is 0 Å². The number of ether oxygens (including phenoxy) is 1. The van der Waals surface area contributed by atoms with Gasteiger partial charge in [-0.2, -0.15) is 0 Å². The first kappa shape index (κ1) is 12.9. The molecule has 0 spiro atoms. The summed E-state index contributed by atoms with van der Waals surface area (Å²) in [6, 6.07) is -0.122. The van der Waals surface area contributed by atoms with Crippen LogP contribution in [0, 0.1) is 11.8 Å². The van der Waals surface area contributed by atoms with E-state index in [1.165, 1.54) is 19.3 Å². The van der Waals surface area contributed by atoms with E-state index in [2.05, 4.69) is 13.8 Å². The van der Waals surface area contributed by atoms with E-state index in [4.69, 9.17) is 15.6 Å². The summed E-state index contributed by atoms with van der Waals surface area (Å²) < 4.78 is 5.81. The molecule has 0 aromatic carbocycles. The summed E-state index contributed by atoms with van der Waals surface area (Å²) in [5.74, 6) is 1.57. The van der Waals surface area contributed by atoms with Gasteiger partial charge in [0.1, 0.15) is 0 Å². The van der Waals surface area contributed by atoms with Gasteiger partial charge in [-0.1, -0.05) is 13.8 Å². The van der Waals surface area contributed by atoms with Gasteiger partial charge in [0.15, 0.2) is 0 Å². The van der Waals surface area contributed by atoms with Gasteiger partial charge >= 0.3 is 0 Å². The molecule has 3 nitrogen and oxygen atoms in total. The topological polar surface area (TPSA) is 55.5 Å². The molecule has 3 unspecified atom stereocenters. The van der Waals surface area contributed by atoms with Crippen LogP contribution in [0.2, 0.25) is 0 Å². The minimum Gasteiger partial charge on any atom is -0.395 e. The molecule has 3 N–H and O–H groups in total. The van der Waals surface area contributed by atoms with E-state index >= 15 is 0 Å². The summed E-state index contributed by atoms with van der Waals surface area (Å²) in [6.07, 6.45) is 4.86. The van der Waals surface area contributed by atoms with Gasteiger partial charge in [0, 0.05) is 12.6 Å². The first-order valence-electron chi connectivity index (χ1n) is 6.09. The highest BCUT2D eigenvalue weighted by Crippen LogP contribution is 2.30. The number of hydrogen-bond donors (Lipinski definition) is 2. The summed E-state index contributed by atoms with van der Waals surface area (Å²) in [6.45, 7) is 5.34.